The number of aromatic nitrogens is 3. The first kappa shape index (κ1) is 28.7. The summed E-state index contributed by atoms with van der Waals surface area (Å²) < 4.78 is 10.1. The highest BCUT2D eigenvalue weighted by Crippen LogP contribution is 2.32. The van der Waals surface area contributed by atoms with Crippen molar-refractivity contribution in [2.75, 3.05) is 0 Å². The molecule has 3 aromatic carbocycles. The van der Waals surface area contributed by atoms with Crippen molar-refractivity contribution < 1.29 is 14.6 Å². The van der Waals surface area contributed by atoms with Gasteiger partial charge in [0.2, 0.25) is 0 Å². The van der Waals surface area contributed by atoms with Crippen LogP contribution in [0.4, 0.5) is 0 Å². The van der Waals surface area contributed by atoms with E-state index in [0.29, 0.717) is 35.3 Å². The molecule has 0 aliphatic rings. The summed E-state index contributed by atoms with van der Waals surface area (Å²) in [4.78, 5) is 11.4. The van der Waals surface area contributed by atoms with Crippen LogP contribution in [0.15, 0.2) is 73.1 Å². The molecule has 41 heavy (non-hydrogen) atoms. The van der Waals surface area contributed by atoms with Gasteiger partial charge in [0.05, 0.1) is 27.5 Å². The summed E-state index contributed by atoms with van der Waals surface area (Å²) in [6.07, 6.45) is 4.50. The first-order valence-corrected chi connectivity index (χ1v) is 14.2. The van der Waals surface area contributed by atoms with Crippen LogP contribution >= 0.6 is 23.2 Å². The van der Waals surface area contributed by atoms with Gasteiger partial charge in [-0.2, -0.15) is 5.10 Å². The first-order chi connectivity index (χ1) is 19.6. The Morgan fingerprint density at radius 1 is 1.05 bits per heavy atom. The molecule has 2 heterocycles. The minimum absolute atomic E-state index is 0.194. The summed E-state index contributed by atoms with van der Waals surface area (Å²) in [6.45, 7) is 7.21. The third kappa shape index (κ3) is 5.98. The van der Waals surface area contributed by atoms with Crippen LogP contribution in [-0.4, -0.2) is 25.4 Å². The van der Waals surface area contributed by atoms with Gasteiger partial charge in [0.15, 0.2) is 0 Å². The van der Waals surface area contributed by atoms with Gasteiger partial charge in [-0.25, -0.2) is 9.48 Å². The third-order valence-corrected chi connectivity index (χ3v) is 8.00. The Labute approximate surface area is 249 Å². The van der Waals surface area contributed by atoms with E-state index < -0.39 is 5.97 Å². The highest BCUT2D eigenvalue weighted by molar-refractivity contribution is 6.37. The van der Waals surface area contributed by atoms with E-state index >= 15 is 0 Å². The predicted octanol–water partition coefficient (Wildman–Crippen LogP) is 7.93. The SMILES string of the molecule is Cc1cc(OCc2c(C(C)C)cnn2-c2c(Cl)cccc2Cl)ccc1C(N)CCn1ccc2ccc(C(=O)O)cc21. The van der Waals surface area contributed by atoms with Crippen molar-refractivity contribution in [2.24, 2.45) is 5.73 Å². The molecule has 7 nitrogen and oxygen atoms in total. The number of nitrogens with zero attached hydrogens (tertiary/aromatic N) is 3. The van der Waals surface area contributed by atoms with Gasteiger partial charge in [0.1, 0.15) is 18.0 Å². The normalized spacial score (nSPS) is 12.3. The minimum atomic E-state index is -0.938. The number of rotatable bonds is 10. The second-order valence-corrected chi connectivity index (χ2v) is 11.3. The predicted molar refractivity (Wildman–Crippen MR) is 164 cm³/mol. The van der Waals surface area contributed by atoms with E-state index in [9.17, 15) is 9.90 Å². The van der Waals surface area contributed by atoms with Crippen LogP contribution in [0.5, 0.6) is 5.75 Å². The van der Waals surface area contributed by atoms with Gasteiger partial charge in [0.25, 0.3) is 0 Å². The zero-order valence-electron chi connectivity index (χ0n) is 23.1. The van der Waals surface area contributed by atoms with E-state index in [2.05, 4.69) is 23.5 Å². The zero-order valence-corrected chi connectivity index (χ0v) is 24.7. The molecule has 1 atom stereocenters. The Hall–Kier alpha value is -3.78. The van der Waals surface area contributed by atoms with Gasteiger partial charge >= 0.3 is 5.97 Å². The van der Waals surface area contributed by atoms with Crippen LogP contribution in [0, 0.1) is 6.92 Å². The maximum atomic E-state index is 11.4. The van der Waals surface area contributed by atoms with Crippen LogP contribution in [0.3, 0.4) is 0 Å². The molecule has 0 bridgehead atoms. The lowest BCUT2D eigenvalue weighted by atomic mass is 9.99. The number of para-hydroxylation sites is 1. The summed E-state index contributed by atoms with van der Waals surface area (Å²) in [5.74, 6) is 0.0226. The minimum Gasteiger partial charge on any atom is -0.487 e. The Bertz CT molecular complexity index is 1700. The molecule has 212 valence electrons. The fourth-order valence-corrected chi connectivity index (χ4v) is 5.71. The number of carbonyl (C=O) groups is 1. The molecule has 0 amide bonds. The molecule has 0 fully saturated rings. The van der Waals surface area contributed by atoms with E-state index in [4.69, 9.17) is 33.7 Å². The smallest absolute Gasteiger partial charge is 0.335 e. The Morgan fingerprint density at radius 2 is 1.80 bits per heavy atom. The number of aromatic carboxylic acids is 1. The maximum absolute atomic E-state index is 11.4. The number of hydrogen-bond donors (Lipinski definition) is 2. The fraction of sp³-hybridized carbons (Fsp3) is 0.250. The van der Waals surface area contributed by atoms with Gasteiger partial charge in [-0.1, -0.05) is 55.2 Å². The van der Waals surface area contributed by atoms with Crippen molar-refractivity contribution in [2.45, 2.75) is 52.3 Å². The molecule has 0 saturated heterocycles. The Kier molecular flexibility index (Phi) is 8.40. The molecule has 0 spiro atoms. The van der Waals surface area contributed by atoms with Gasteiger partial charge in [-0.3, -0.25) is 0 Å². The largest absolute Gasteiger partial charge is 0.487 e. The van der Waals surface area contributed by atoms with Crippen molar-refractivity contribution in [1.82, 2.24) is 14.3 Å². The quantitative estimate of drug-likeness (QED) is 0.172. The lowest BCUT2D eigenvalue weighted by Gasteiger charge is -2.18. The molecule has 1 unspecified atom stereocenters. The molecular weight excluding hydrogens is 559 g/mol. The number of carboxylic acids is 1. The number of aryl methyl sites for hydroxylation is 2. The van der Waals surface area contributed by atoms with E-state index in [1.54, 1.807) is 28.9 Å². The first-order valence-electron chi connectivity index (χ1n) is 13.5. The topological polar surface area (TPSA) is 95.3 Å². The molecule has 9 heteroatoms. The average Bonchev–Trinajstić information content (AvgIpc) is 3.54. The van der Waals surface area contributed by atoms with Crippen molar-refractivity contribution in [3.05, 3.63) is 111 Å². The van der Waals surface area contributed by atoms with Crippen molar-refractivity contribution >= 4 is 40.1 Å². The summed E-state index contributed by atoms with van der Waals surface area (Å²) in [7, 11) is 0. The van der Waals surface area contributed by atoms with Gasteiger partial charge in [-0.15, -0.1) is 0 Å². The lowest BCUT2D eigenvalue weighted by molar-refractivity contribution is 0.0697. The summed E-state index contributed by atoms with van der Waals surface area (Å²) >= 11 is 13.0. The Morgan fingerprint density at radius 3 is 2.49 bits per heavy atom. The molecule has 5 aromatic rings. The number of fused-ring (bicyclic) bond motifs is 1. The fourth-order valence-electron chi connectivity index (χ4n) is 5.15. The number of benzene rings is 3. The standard InChI is InChI=1S/C32H32Cl2N4O3/c1-19(2)25-17-36-38(31-26(33)5-4-6-27(31)34)30(25)18-41-23-9-10-24(20(3)15-23)28(35)12-14-37-13-11-21-7-8-22(32(39)40)16-29(21)37/h4-11,13,15-17,19,28H,12,14,18,35H2,1-3H3,(H,39,40). The van der Waals surface area contributed by atoms with Crippen LogP contribution in [0.1, 0.15) is 65.0 Å². The summed E-state index contributed by atoms with van der Waals surface area (Å²) in [5, 5.41) is 16.0. The molecule has 5 rings (SSSR count). The van der Waals surface area contributed by atoms with Crippen LogP contribution in [0.2, 0.25) is 10.0 Å². The second kappa shape index (κ2) is 12.0. The van der Waals surface area contributed by atoms with E-state index in [1.165, 1.54) is 0 Å². The monoisotopic (exact) mass is 590 g/mol. The number of ether oxygens (including phenoxy) is 1. The van der Waals surface area contributed by atoms with Gasteiger partial charge in [-0.05, 0) is 83.8 Å². The molecule has 0 aliphatic carbocycles. The zero-order chi connectivity index (χ0) is 29.3. The van der Waals surface area contributed by atoms with Crippen LogP contribution in [0.25, 0.3) is 16.6 Å². The van der Waals surface area contributed by atoms with Crippen LogP contribution in [-0.2, 0) is 13.2 Å². The lowest BCUT2D eigenvalue weighted by Crippen LogP contribution is -2.15. The Balaban J connectivity index is 1.30. The van der Waals surface area contributed by atoms with Crippen LogP contribution < -0.4 is 10.5 Å². The molecule has 3 N–H and O–H groups in total. The number of nitrogens with two attached hydrogens (primary N) is 1. The number of hydrogen-bond acceptors (Lipinski definition) is 4. The number of halogens is 2. The van der Waals surface area contributed by atoms with E-state index in [0.717, 1.165) is 39.0 Å². The summed E-state index contributed by atoms with van der Waals surface area (Å²) in [6, 6.07) is 18.3. The molecule has 2 aromatic heterocycles. The molecular formula is C32H32Cl2N4O3. The molecule has 0 radical (unpaired) electrons. The average molecular weight is 592 g/mol. The highest BCUT2D eigenvalue weighted by Gasteiger charge is 2.20. The second-order valence-electron chi connectivity index (χ2n) is 10.5. The highest BCUT2D eigenvalue weighted by atomic mass is 35.5. The number of carboxylic acid groups (broad SMARTS) is 1. The molecule has 0 aliphatic heterocycles. The van der Waals surface area contributed by atoms with E-state index in [1.807, 2.05) is 55.7 Å². The maximum Gasteiger partial charge on any atom is 0.335 e. The van der Waals surface area contributed by atoms with Crippen molar-refractivity contribution in [3.63, 3.8) is 0 Å². The summed E-state index contributed by atoms with van der Waals surface area (Å²) in [5.41, 5.74) is 12.4. The molecule has 0 saturated carbocycles. The third-order valence-electron chi connectivity index (χ3n) is 7.39. The van der Waals surface area contributed by atoms with Gasteiger partial charge < -0.3 is 20.1 Å². The van der Waals surface area contributed by atoms with Crippen molar-refractivity contribution in [3.8, 4) is 11.4 Å². The van der Waals surface area contributed by atoms with Crippen molar-refractivity contribution in [1.29, 1.82) is 0 Å². The van der Waals surface area contributed by atoms with Gasteiger partial charge in [0, 0.05) is 24.3 Å². The van der Waals surface area contributed by atoms with E-state index in [-0.39, 0.29) is 17.5 Å².